The van der Waals surface area contributed by atoms with Crippen LogP contribution in [0.2, 0.25) is 0 Å². The molecule has 0 saturated heterocycles. The highest BCUT2D eigenvalue weighted by atomic mass is 14.9. The Morgan fingerprint density at radius 3 is 2.47 bits per heavy atom. The summed E-state index contributed by atoms with van der Waals surface area (Å²) in [5, 5.41) is 3.43. The lowest BCUT2D eigenvalue weighted by Gasteiger charge is -2.17. The van der Waals surface area contributed by atoms with Gasteiger partial charge in [0.25, 0.3) is 0 Å². The summed E-state index contributed by atoms with van der Waals surface area (Å²) in [6.07, 6.45) is 3.54. The first kappa shape index (κ1) is 13.8. The van der Waals surface area contributed by atoms with E-state index < -0.39 is 0 Å². The number of hydrogen-bond acceptors (Lipinski definition) is 1. The van der Waals surface area contributed by atoms with Gasteiger partial charge in [-0.05, 0) is 44.4 Å². The highest BCUT2D eigenvalue weighted by Gasteiger charge is 2.08. The summed E-state index contributed by atoms with van der Waals surface area (Å²) < 4.78 is 0. The summed E-state index contributed by atoms with van der Waals surface area (Å²) in [7, 11) is 2.05. The molecule has 100 valence electrons. The fourth-order valence-electron chi connectivity index (χ4n) is 2.52. The van der Waals surface area contributed by atoms with E-state index in [1.54, 1.807) is 0 Å². The van der Waals surface area contributed by atoms with Crippen LogP contribution in [-0.2, 0) is 6.42 Å². The lowest BCUT2D eigenvalue weighted by atomic mass is 9.98. The summed E-state index contributed by atoms with van der Waals surface area (Å²) in [4.78, 5) is 0. The zero-order chi connectivity index (χ0) is 13.5. The summed E-state index contributed by atoms with van der Waals surface area (Å²) in [5.41, 5.74) is 4.16. The minimum atomic E-state index is 0.462. The average molecular weight is 253 g/mol. The van der Waals surface area contributed by atoms with Gasteiger partial charge in [0.1, 0.15) is 0 Å². The largest absolute Gasteiger partial charge is 0.313 e. The van der Waals surface area contributed by atoms with Crippen molar-refractivity contribution < 1.29 is 0 Å². The monoisotopic (exact) mass is 253 g/mol. The van der Waals surface area contributed by atoms with Crippen LogP contribution in [0.1, 0.15) is 35.6 Å². The van der Waals surface area contributed by atoms with Crippen molar-refractivity contribution in [1.82, 2.24) is 5.32 Å². The molecule has 0 aliphatic carbocycles. The minimum absolute atomic E-state index is 0.462. The highest BCUT2D eigenvalue weighted by Crippen LogP contribution is 2.20. The SMILES string of the molecule is CNC(CCCc1ccccc1)c1cccc(C)c1. The maximum absolute atomic E-state index is 3.43. The van der Waals surface area contributed by atoms with Gasteiger partial charge in [-0.3, -0.25) is 0 Å². The van der Waals surface area contributed by atoms with Crippen molar-refractivity contribution in [3.8, 4) is 0 Å². The van der Waals surface area contributed by atoms with Gasteiger partial charge in [0, 0.05) is 6.04 Å². The second-order valence-corrected chi connectivity index (χ2v) is 5.13. The Kier molecular flexibility index (Phi) is 5.17. The highest BCUT2D eigenvalue weighted by molar-refractivity contribution is 5.25. The molecule has 0 aliphatic rings. The fraction of sp³-hybridized carbons (Fsp3) is 0.333. The average Bonchev–Trinajstić information content (AvgIpc) is 2.45. The quantitative estimate of drug-likeness (QED) is 0.810. The number of rotatable bonds is 6. The number of hydrogen-bond donors (Lipinski definition) is 1. The van der Waals surface area contributed by atoms with E-state index in [-0.39, 0.29) is 0 Å². The third-order valence-electron chi connectivity index (χ3n) is 3.59. The molecule has 1 atom stereocenters. The first-order valence-electron chi connectivity index (χ1n) is 7.07. The van der Waals surface area contributed by atoms with Crippen LogP contribution in [0.25, 0.3) is 0 Å². The van der Waals surface area contributed by atoms with Crippen molar-refractivity contribution in [3.05, 3.63) is 71.3 Å². The predicted octanol–water partition coefficient (Wildman–Crippen LogP) is 4.28. The molecule has 0 aromatic heterocycles. The molecule has 1 unspecified atom stereocenters. The smallest absolute Gasteiger partial charge is 0.0317 e. The molecule has 0 spiro atoms. The third kappa shape index (κ3) is 4.22. The van der Waals surface area contributed by atoms with Crippen LogP contribution in [0.15, 0.2) is 54.6 Å². The third-order valence-corrected chi connectivity index (χ3v) is 3.59. The van der Waals surface area contributed by atoms with Crippen molar-refractivity contribution in [2.75, 3.05) is 7.05 Å². The standard InChI is InChI=1S/C18H23N/c1-15-8-6-12-17(14-15)18(19-2)13-7-11-16-9-4-3-5-10-16/h3-6,8-10,12,14,18-19H,7,11,13H2,1-2H3. The normalized spacial score (nSPS) is 12.3. The molecule has 1 N–H and O–H groups in total. The lowest BCUT2D eigenvalue weighted by Crippen LogP contribution is -2.16. The Labute approximate surface area is 116 Å². The van der Waals surface area contributed by atoms with E-state index in [1.165, 1.54) is 29.5 Å². The van der Waals surface area contributed by atoms with Crippen LogP contribution < -0.4 is 5.32 Å². The van der Waals surface area contributed by atoms with Gasteiger partial charge in [0.2, 0.25) is 0 Å². The fourth-order valence-corrected chi connectivity index (χ4v) is 2.52. The van der Waals surface area contributed by atoms with Crippen molar-refractivity contribution in [1.29, 1.82) is 0 Å². The Morgan fingerprint density at radius 1 is 1.00 bits per heavy atom. The number of aryl methyl sites for hydroxylation is 2. The summed E-state index contributed by atoms with van der Waals surface area (Å²) >= 11 is 0. The molecule has 0 fully saturated rings. The van der Waals surface area contributed by atoms with Gasteiger partial charge in [-0.1, -0.05) is 60.2 Å². The first-order valence-corrected chi connectivity index (χ1v) is 7.07. The summed E-state index contributed by atoms with van der Waals surface area (Å²) in [5.74, 6) is 0. The molecule has 19 heavy (non-hydrogen) atoms. The molecule has 0 bridgehead atoms. The molecule has 2 aromatic rings. The zero-order valence-corrected chi connectivity index (χ0v) is 11.9. The van der Waals surface area contributed by atoms with E-state index >= 15 is 0 Å². The van der Waals surface area contributed by atoms with E-state index in [2.05, 4.69) is 73.9 Å². The molecule has 2 rings (SSSR count). The van der Waals surface area contributed by atoms with Gasteiger partial charge in [0.15, 0.2) is 0 Å². The van der Waals surface area contributed by atoms with Crippen LogP contribution in [-0.4, -0.2) is 7.05 Å². The molecular weight excluding hydrogens is 230 g/mol. The van der Waals surface area contributed by atoms with E-state index in [4.69, 9.17) is 0 Å². The zero-order valence-electron chi connectivity index (χ0n) is 11.9. The van der Waals surface area contributed by atoms with E-state index in [0.29, 0.717) is 6.04 Å². The van der Waals surface area contributed by atoms with Gasteiger partial charge < -0.3 is 5.32 Å². The van der Waals surface area contributed by atoms with Gasteiger partial charge in [0.05, 0.1) is 0 Å². The van der Waals surface area contributed by atoms with Crippen LogP contribution in [0.3, 0.4) is 0 Å². The molecule has 0 radical (unpaired) electrons. The van der Waals surface area contributed by atoms with E-state index in [0.717, 1.165) is 6.42 Å². The molecule has 0 aliphatic heterocycles. The Hall–Kier alpha value is -1.60. The van der Waals surface area contributed by atoms with Crippen LogP contribution in [0.4, 0.5) is 0 Å². The van der Waals surface area contributed by atoms with Crippen LogP contribution in [0.5, 0.6) is 0 Å². The Balaban J connectivity index is 1.89. The van der Waals surface area contributed by atoms with E-state index in [9.17, 15) is 0 Å². The van der Waals surface area contributed by atoms with Gasteiger partial charge >= 0.3 is 0 Å². The van der Waals surface area contributed by atoms with E-state index in [1.807, 2.05) is 0 Å². The molecule has 0 heterocycles. The van der Waals surface area contributed by atoms with Gasteiger partial charge in [-0.15, -0.1) is 0 Å². The van der Waals surface area contributed by atoms with Crippen LogP contribution in [0, 0.1) is 6.92 Å². The number of nitrogens with one attached hydrogen (secondary N) is 1. The summed E-state index contributed by atoms with van der Waals surface area (Å²) in [6.45, 7) is 2.15. The van der Waals surface area contributed by atoms with Crippen molar-refractivity contribution in [2.45, 2.75) is 32.2 Å². The van der Waals surface area contributed by atoms with Crippen molar-refractivity contribution in [2.24, 2.45) is 0 Å². The second-order valence-electron chi connectivity index (χ2n) is 5.13. The number of benzene rings is 2. The molecule has 2 aromatic carbocycles. The minimum Gasteiger partial charge on any atom is -0.313 e. The maximum atomic E-state index is 3.43. The van der Waals surface area contributed by atoms with Crippen molar-refractivity contribution in [3.63, 3.8) is 0 Å². The Bertz CT molecular complexity index is 490. The molecule has 1 nitrogen and oxygen atoms in total. The van der Waals surface area contributed by atoms with Crippen molar-refractivity contribution >= 4 is 0 Å². The van der Waals surface area contributed by atoms with Gasteiger partial charge in [-0.2, -0.15) is 0 Å². The predicted molar refractivity (Wildman–Crippen MR) is 82.4 cm³/mol. The molecule has 0 saturated carbocycles. The Morgan fingerprint density at radius 2 is 1.79 bits per heavy atom. The maximum Gasteiger partial charge on any atom is 0.0317 e. The summed E-state index contributed by atoms with van der Waals surface area (Å²) in [6, 6.07) is 20.0. The molecule has 1 heteroatoms. The first-order chi connectivity index (χ1) is 9.29. The molecule has 0 amide bonds. The second kappa shape index (κ2) is 7.10. The van der Waals surface area contributed by atoms with Crippen LogP contribution >= 0.6 is 0 Å². The topological polar surface area (TPSA) is 12.0 Å². The molecular formula is C18H23N. The lowest BCUT2D eigenvalue weighted by molar-refractivity contribution is 0.527. The van der Waals surface area contributed by atoms with Gasteiger partial charge in [-0.25, -0.2) is 0 Å².